The molecule has 1 atom stereocenters. The summed E-state index contributed by atoms with van der Waals surface area (Å²) < 4.78 is 12.0. The molecule has 3 aromatic rings. The van der Waals surface area contributed by atoms with Crippen LogP contribution in [0.3, 0.4) is 0 Å². The minimum atomic E-state index is -2.11. The summed E-state index contributed by atoms with van der Waals surface area (Å²) in [5.41, 5.74) is 4.39. The molecule has 1 aromatic carbocycles. The Morgan fingerprint density at radius 1 is 1.28 bits per heavy atom. The third kappa shape index (κ3) is 4.12. The number of nitrogens with zero attached hydrogens (tertiary/aromatic N) is 2. The van der Waals surface area contributed by atoms with Gasteiger partial charge in [0.2, 0.25) is 0 Å². The molecule has 2 aromatic heterocycles. The Balaban J connectivity index is 1.50. The van der Waals surface area contributed by atoms with Crippen molar-refractivity contribution in [2.45, 2.75) is 51.6 Å². The highest BCUT2D eigenvalue weighted by Gasteiger charge is 2.46. The molecule has 36 heavy (non-hydrogen) atoms. The number of rotatable bonds is 4. The SMILES string of the molecule is CC(=O)OC[Si](C)(C)C#CCC[C@@]1(O)C(=O)OCc2c1cc1n(c2=O)Cc2cc3ccccc3nc2-1. The summed E-state index contributed by atoms with van der Waals surface area (Å²) in [5, 5.41) is 12.5. The van der Waals surface area contributed by atoms with Crippen LogP contribution in [-0.2, 0) is 37.8 Å². The standard InChI is InChI=1S/C27H26N2O6Si/c1-17(30)35-16-36(2,3)11-7-6-10-27(33)21-13-23-24-19(12-18-8-4-5-9-22(18)28-24)14-29(23)25(31)20(21)15-34-26(27)32/h4-5,8-9,12-13,33H,6,10,14-16H2,1-3H3/t27-/m0/s1. The second kappa shape index (κ2) is 8.73. The molecule has 184 valence electrons. The first-order valence-electron chi connectivity index (χ1n) is 11.8. The second-order valence-electron chi connectivity index (χ2n) is 9.90. The number of ether oxygens (including phenoxy) is 2. The zero-order chi connectivity index (χ0) is 25.7. The van der Waals surface area contributed by atoms with E-state index in [1.807, 2.05) is 43.4 Å². The number of fused-ring (bicyclic) bond motifs is 5. The van der Waals surface area contributed by atoms with Gasteiger partial charge in [0.25, 0.3) is 5.56 Å². The lowest BCUT2D eigenvalue weighted by atomic mass is 9.84. The van der Waals surface area contributed by atoms with Gasteiger partial charge in [0.15, 0.2) is 13.7 Å². The average Bonchev–Trinajstić information content (AvgIpc) is 3.20. The van der Waals surface area contributed by atoms with Gasteiger partial charge in [-0.15, -0.1) is 11.5 Å². The number of cyclic esters (lactones) is 1. The summed E-state index contributed by atoms with van der Waals surface area (Å²) in [7, 11) is -2.11. The van der Waals surface area contributed by atoms with Crippen molar-refractivity contribution in [3.63, 3.8) is 0 Å². The topological polar surface area (TPSA) is 108 Å². The maximum Gasteiger partial charge on any atom is 0.343 e. The highest BCUT2D eigenvalue weighted by atomic mass is 28.3. The molecular weight excluding hydrogens is 476 g/mol. The molecule has 4 heterocycles. The van der Waals surface area contributed by atoms with Crippen molar-refractivity contribution in [2.24, 2.45) is 0 Å². The van der Waals surface area contributed by atoms with Crippen LogP contribution in [0.4, 0.5) is 0 Å². The van der Waals surface area contributed by atoms with Gasteiger partial charge in [-0.3, -0.25) is 9.59 Å². The molecule has 5 rings (SSSR count). The van der Waals surface area contributed by atoms with E-state index < -0.39 is 19.6 Å². The Bertz CT molecular complexity index is 1550. The first-order chi connectivity index (χ1) is 17.1. The molecule has 0 spiro atoms. The number of esters is 2. The van der Waals surface area contributed by atoms with Crippen LogP contribution in [0, 0.1) is 11.5 Å². The van der Waals surface area contributed by atoms with Gasteiger partial charge in [0.1, 0.15) is 6.61 Å². The monoisotopic (exact) mass is 502 g/mol. The maximum atomic E-state index is 13.4. The predicted octanol–water partition coefficient (Wildman–Crippen LogP) is 2.80. The number of para-hydroxylation sites is 1. The number of aromatic nitrogens is 2. The van der Waals surface area contributed by atoms with Crippen LogP contribution >= 0.6 is 0 Å². The van der Waals surface area contributed by atoms with E-state index in [0.717, 1.165) is 16.5 Å². The molecule has 9 heteroatoms. The van der Waals surface area contributed by atoms with E-state index in [1.165, 1.54) is 6.92 Å². The molecule has 0 aliphatic carbocycles. The third-order valence-corrected chi connectivity index (χ3v) is 8.30. The molecule has 0 saturated carbocycles. The Morgan fingerprint density at radius 3 is 2.83 bits per heavy atom. The van der Waals surface area contributed by atoms with E-state index >= 15 is 0 Å². The molecular formula is C27H26N2O6Si. The number of carbonyl (C=O) groups is 2. The van der Waals surface area contributed by atoms with Crippen LogP contribution in [0.2, 0.25) is 13.1 Å². The summed E-state index contributed by atoms with van der Waals surface area (Å²) in [6.45, 7) is 5.49. The molecule has 0 bridgehead atoms. The van der Waals surface area contributed by atoms with Crippen LogP contribution in [0.25, 0.3) is 22.3 Å². The van der Waals surface area contributed by atoms with E-state index in [4.69, 9.17) is 14.5 Å². The van der Waals surface area contributed by atoms with Gasteiger partial charge < -0.3 is 19.1 Å². The van der Waals surface area contributed by atoms with Crippen molar-refractivity contribution < 1.29 is 24.2 Å². The largest absolute Gasteiger partial charge is 0.468 e. The van der Waals surface area contributed by atoms with Crippen molar-refractivity contribution in [3.05, 3.63) is 63.4 Å². The molecule has 0 fully saturated rings. The van der Waals surface area contributed by atoms with E-state index in [9.17, 15) is 19.5 Å². The van der Waals surface area contributed by atoms with Gasteiger partial charge in [0, 0.05) is 36.3 Å². The van der Waals surface area contributed by atoms with Crippen LogP contribution in [0.15, 0.2) is 41.2 Å². The van der Waals surface area contributed by atoms with Gasteiger partial charge in [0.05, 0.1) is 35.2 Å². The van der Waals surface area contributed by atoms with E-state index in [2.05, 4.69) is 11.5 Å². The molecule has 0 saturated heterocycles. The van der Waals surface area contributed by atoms with Gasteiger partial charge in [-0.25, -0.2) is 9.78 Å². The highest BCUT2D eigenvalue weighted by molar-refractivity contribution is 6.85. The lowest BCUT2D eigenvalue weighted by molar-refractivity contribution is -0.172. The predicted molar refractivity (Wildman–Crippen MR) is 135 cm³/mol. The van der Waals surface area contributed by atoms with Crippen LogP contribution in [0.1, 0.15) is 36.5 Å². The quantitative estimate of drug-likeness (QED) is 0.260. The van der Waals surface area contributed by atoms with Gasteiger partial charge in [-0.05, 0) is 18.2 Å². The van der Waals surface area contributed by atoms with Gasteiger partial charge >= 0.3 is 11.9 Å². The molecule has 2 aliphatic rings. The summed E-state index contributed by atoms with van der Waals surface area (Å²) in [6, 6.07) is 11.5. The minimum absolute atomic E-state index is 0.0230. The van der Waals surface area contributed by atoms with Crippen molar-refractivity contribution >= 4 is 30.9 Å². The average molecular weight is 503 g/mol. The van der Waals surface area contributed by atoms with E-state index in [0.29, 0.717) is 17.9 Å². The first kappa shape index (κ1) is 24.0. The highest BCUT2D eigenvalue weighted by Crippen LogP contribution is 2.39. The summed E-state index contributed by atoms with van der Waals surface area (Å²) >= 11 is 0. The van der Waals surface area contributed by atoms with Crippen LogP contribution in [0.5, 0.6) is 0 Å². The lowest BCUT2D eigenvalue weighted by Crippen LogP contribution is -2.44. The summed E-state index contributed by atoms with van der Waals surface area (Å²) in [4.78, 5) is 42.1. The summed E-state index contributed by atoms with van der Waals surface area (Å²) in [5.74, 6) is 1.89. The first-order valence-corrected chi connectivity index (χ1v) is 15.0. The Morgan fingerprint density at radius 2 is 2.06 bits per heavy atom. The van der Waals surface area contributed by atoms with E-state index in [1.54, 1.807) is 10.6 Å². The third-order valence-electron chi connectivity index (χ3n) is 6.58. The fourth-order valence-electron chi connectivity index (χ4n) is 4.69. The molecule has 1 N–H and O–H groups in total. The number of aliphatic hydroxyl groups is 1. The van der Waals surface area contributed by atoms with Crippen LogP contribution < -0.4 is 5.56 Å². The van der Waals surface area contributed by atoms with Crippen LogP contribution in [-0.4, -0.2) is 40.9 Å². The number of hydrogen-bond donors (Lipinski definition) is 1. The Kier molecular flexibility index (Phi) is 5.81. The zero-order valence-electron chi connectivity index (χ0n) is 20.4. The fraction of sp³-hybridized carbons (Fsp3) is 0.333. The van der Waals surface area contributed by atoms with Gasteiger partial charge in [-0.2, -0.15) is 0 Å². The van der Waals surface area contributed by atoms with Crippen molar-refractivity contribution in [1.29, 1.82) is 0 Å². The lowest BCUT2D eigenvalue weighted by Gasteiger charge is -2.32. The summed E-state index contributed by atoms with van der Waals surface area (Å²) in [6.07, 6.45) is 0.457. The smallest absolute Gasteiger partial charge is 0.343 e. The van der Waals surface area contributed by atoms with Crippen molar-refractivity contribution in [3.8, 4) is 22.9 Å². The Hall–Kier alpha value is -3.74. The zero-order valence-corrected chi connectivity index (χ0v) is 21.4. The number of pyridine rings is 2. The minimum Gasteiger partial charge on any atom is -0.468 e. The van der Waals surface area contributed by atoms with Gasteiger partial charge in [-0.1, -0.05) is 31.3 Å². The molecule has 2 aliphatic heterocycles. The molecule has 8 nitrogen and oxygen atoms in total. The maximum absolute atomic E-state index is 13.4. The molecule has 0 amide bonds. The fourth-order valence-corrected chi connectivity index (χ4v) is 5.93. The number of benzene rings is 1. The molecule has 0 radical (unpaired) electrons. The van der Waals surface area contributed by atoms with Crippen molar-refractivity contribution in [1.82, 2.24) is 9.55 Å². The van der Waals surface area contributed by atoms with E-state index in [-0.39, 0.29) is 48.3 Å². The number of hydrogen-bond acceptors (Lipinski definition) is 7. The second-order valence-corrected chi connectivity index (χ2v) is 14.2. The normalized spacial score (nSPS) is 17.9. The Labute approximate surface area is 208 Å². The number of carbonyl (C=O) groups excluding carboxylic acids is 2. The molecule has 0 unspecified atom stereocenters. The van der Waals surface area contributed by atoms with Crippen molar-refractivity contribution in [2.75, 3.05) is 6.23 Å².